The fourth-order valence-electron chi connectivity index (χ4n) is 3.94. The lowest BCUT2D eigenvalue weighted by atomic mass is 9.91. The van der Waals surface area contributed by atoms with E-state index in [0.717, 1.165) is 29.7 Å². The monoisotopic (exact) mass is 403 g/mol. The maximum atomic E-state index is 12.0. The van der Waals surface area contributed by atoms with Crippen LogP contribution in [0.4, 0.5) is 0 Å². The first kappa shape index (κ1) is 20.5. The van der Waals surface area contributed by atoms with E-state index >= 15 is 0 Å². The van der Waals surface area contributed by atoms with E-state index in [0.29, 0.717) is 30.3 Å². The third kappa shape index (κ3) is 4.42. The molecule has 1 aliphatic heterocycles. The molecule has 150 valence electrons. The van der Waals surface area contributed by atoms with Crippen molar-refractivity contribution in [3.05, 3.63) is 58.6 Å². The summed E-state index contributed by atoms with van der Waals surface area (Å²) in [6, 6.07) is 12.4. The van der Waals surface area contributed by atoms with Crippen LogP contribution in [-0.4, -0.2) is 42.3 Å². The summed E-state index contributed by atoms with van der Waals surface area (Å²) in [4.78, 5) is 14.0. The minimum absolute atomic E-state index is 0.296. The number of hydrogen-bond acceptors (Lipinski definition) is 4. The predicted molar refractivity (Wildman–Crippen MR) is 109 cm³/mol. The molecule has 2 unspecified atom stereocenters. The molecular formula is C22H26ClNO4. The summed E-state index contributed by atoms with van der Waals surface area (Å²) in [5.74, 6) is 0.646. The highest BCUT2D eigenvalue weighted by molar-refractivity contribution is 6.30. The Hall–Kier alpha value is -2.24. The first-order chi connectivity index (χ1) is 13.5. The van der Waals surface area contributed by atoms with Crippen molar-refractivity contribution in [1.29, 1.82) is 0 Å². The Morgan fingerprint density at radius 2 is 2.11 bits per heavy atom. The first-order valence-corrected chi connectivity index (χ1v) is 9.97. The second-order valence-electron chi connectivity index (χ2n) is 6.88. The van der Waals surface area contributed by atoms with Crippen LogP contribution in [0.1, 0.15) is 43.4 Å². The maximum absolute atomic E-state index is 12.0. The molecule has 1 N–H and O–H groups in total. The van der Waals surface area contributed by atoms with Crippen LogP contribution < -0.4 is 9.47 Å². The molecule has 2 aromatic carbocycles. The van der Waals surface area contributed by atoms with Crippen LogP contribution in [-0.2, 0) is 4.79 Å². The van der Waals surface area contributed by atoms with Gasteiger partial charge in [-0.05, 0) is 62.2 Å². The molecule has 0 saturated carbocycles. The largest absolute Gasteiger partial charge is 0.496 e. The van der Waals surface area contributed by atoms with E-state index in [4.69, 9.17) is 21.1 Å². The molecule has 5 nitrogen and oxygen atoms in total. The molecule has 1 heterocycles. The fourth-order valence-corrected chi connectivity index (χ4v) is 4.12. The number of hydrogen-bond donors (Lipinski definition) is 1. The standard InChI is InChI=1S/C22H26ClNO4/c1-3-28-17-8-6-7-15(13-17)21(18-14-16(23)10-11-20(18)27-2)24-12-5-4-9-19(24)22(25)26/h6-8,10-11,13-14,19,21H,3-5,9,12H2,1-2H3,(H,25,26). The van der Waals surface area contributed by atoms with E-state index in [9.17, 15) is 9.90 Å². The normalized spacial score (nSPS) is 18.5. The fraction of sp³-hybridized carbons (Fsp3) is 0.409. The summed E-state index contributed by atoms with van der Waals surface area (Å²) in [7, 11) is 1.62. The molecule has 3 rings (SSSR count). The Morgan fingerprint density at radius 3 is 2.82 bits per heavy atom. The lowest BCUT2D eigenvalue weighted by molar-refractivity contribution is -0.145. The van der Waals surface area contributed by atoms with Gasteiger partial charge in [0.2, 0.25) is 0 Å². The van der Waals surface area contributed by atoms with Gasteiger partial charge in [0.1, 0.15) is 17.5 Å². The molecule has 0 aromatic heterocycles. The van der Waals surface area contributed by atoms with E-state index in [2.05, 4.69) is 0 Å². The minimum atomic E-state index is -0.799. The summed E-state index contributed by atoms with van der Waals surface area (Å²) in [6.45, 7) is 3.20. The van der Waals surface area contributed by atoms with Crippen LogP contribution in [0.15, 0.2) is 42.5 Å². The molecule has 1 aliphatic rings. The first-order valence-electron chi connectivity index (χ1n) is 9.60. The van der Waals surface area contributed by atoms with Crippen LogP contribution >= 0.6 is 11.6 Å². The SMILES string of the molecule is CCOc1cccc(C(c2cc(Cl)ccc2OC)N2CCCCC2C(=O)O)c1. The second-order valence-corrected chi connectivity index (χ2v) is 7.32. The molecule has 1 saturated heterocycles. The number of rotatable bonds is 7. The summed E-state index contributed by atoms with van der Waals surface area (Å²) in [5, 5.41) is 10.4. The molecule has 1 fully saturated rings. The number of carboxylic acids is 1. The Kier molecular flexibility index (Phi) is 6.81. The van der Waals surface area contributed by atoms with Gasteiger partial charge in [0, 0.05) is 10.6 Å². The molecule has 28 heavy (non-hydrogen) atoms. The molecule has 2 atom stereocenters. The minimum Gasteiger partial charge on any atom is -0.496 e. The van der Waals surface area contributed by atoms with Gasteiger partial charge in [0.15, 0.2) is 0 Å². The van der Waals surface area contributed by atoms with Crippen molar-refractivity contribution in [2.24, 2.45) is 0 Å². The number of methoxy groups -OCH3 is 1. The van der Waals surface area contributed by atoms with Crippen LogP contribution in [0.5, 0.6) is 11.5 Å². The van der Waals surface area contributed by atoms with E-state index in [-0.39, 0.29) is 6.04 Å². The van der Waals surface area contributed by atoms with Crippen molar-refractivity contribution in [2.45, 2.75) is 38.3 Å². The van der Waals surface area contributed by atoms with Crippen LogP contribution in [0, 0.1) is 0 Å². The molecule has 2 aromatic rings. The average Bonchev–Trinajstić information content (AvgIpc) is 2.69. The van der Waals surface area contributed by atoms with Gasteiger partial charge in [-0.15, -0.1) is 0 Å². The van der Waals surface area contributed by atoms with Gasteiger partial charge in [0.05, 0.1) is 19.8 Å². The predicted octanol–water partition coefficient (Wildman–Crippen LogP) is 4.78. The highest BCUT2D eigenvalue weighted by Crippen LogP contribution is 2.40. The smallest absolute Gasteiger partial charge is 0.320 e. The molecule has 0 bridgehead atoms. The van der Waals surface area contributed by atoms with Crippen molar-refractivity contribution in [3.8, 4) is 11.5 Å². The highest BCUT2D eigenvalue weighted by Gasteiger charge is 2.36. The van der Waals surface area contributed by atoms with Crippen LogP contribution in [0.2, 0.25) is 5.02 Å². The highest BCUT2D eigenvalue weighted by atomic mass is 35.5. The lowest BCUT2D eigenvalue weighted by Crippen LogP contribution is -2.46. The average molecular weight is 404 g/mol. The Balaban J connectivity index is 2.15. The maximum Gasteiger partial charge on any atom is 0.320 e. The van der Waals surface area contributed by atoms with Crippen molar-refractivity contribution < 1.29 is 19.4 Å². The number of carboxylic acid groups (broad SMARTS) is 1. The van der Waals surface area contributed by atoms with Crippen molar-refractivity contribution in [3.63, 3.8) is 0 Å². The molecule has 0 amide bonds. The Morgan fingerprint density at radius 1 is 1.29 bits per heavy atom. The number of piperidine rings is 1. The number of likely N-dealkylation sites (tertiary alicyclic amines) is 1. The summed E-state index contributed by atoms with van der Waals surface area (Å²) < 4.78 is 11.3. The summed E-state index contributed by atoms with van der Waals surface area (Å²) >= 11 is 6.31. The Bertz CT molecular complexity index is 826. The Labute approximate surface area is 170 Å². The molecule has 6 heteroatoms. The van der Waals surface area contributed by atoms with Gasteiger partial charge in [-0.1, -0.05) is 30.2 Å². The quantitative estimate of drug-likeness (QED) is 0.721. The second kappa shape index (κ2) is 9.30. The van der Waals surface area contributed by atoms with Gasteiger partial charge in [-0.2, -0.15) is 0 Å². The van der Waals surface area contributed by atoms with Gasteiger partial charge >= 0.3 is 5.97 Å². The summed E-state index contributed by atoms with van der Waals surface area (Å²) in [6.07, 6.45) is 2.49. The van der Waals surface area contributed by atoms with Gasteiger partial charge in [-0.3, -0.25) is 9.69 Å². The topological polar surface area (TPSA) is 59.0 Å². The number of ether oxygens (including phenoxy) is 2. The van der Waals surface area contributed by atoms with E-state index in [1.54, 1.807) is 13.2 Å². The zero-order valence-corrected chi connectivity index (χ0v) is 17.0. The van der Waals surface area contributed by atoms with Crippen molar-refractivity contribution >= 4 is 17.6 Å². The number of nitrogens with zero attached hydrogens (tertiary/aromatic N) is 1. The van der Waals surface area contributed by atoms with Gasteiger partial charge in [0.25, 0.3) is 0 Å². The third-order valence-corrected chi connectivity index (χ3v) is 5.37. The van der Waals surface area contributed by atoms with Gasteiger partial charge < -0.3 is 14.6 Å². The lowest BCUT2D eigenvalue weighted by Gasteiger charge is -2.40. The number of carbonyl (C=O) groups is 1. The van der Waals surface area contributed by atoms with Crippen molar-refractivity contribution in [2.75, 3.05) is 20.3 Å². The van der Waals surface area contributed by atoms with Gasteiger partial charge in [-0.25, -0.2) is 0 Å². The number of aliphatic carboxylic acids is 1. The van der Waals surface area contributed by atoms with E-state index in [1.165, 1.54) is 0 Å². The zero-order valence-electron chi connectivity index (χ0n) is 16.2. The number of benzene rings is 2. The van der Waals surface area contributed by atoms with E-state index < -0.39 is 12.0 Å². The molecule has 0 radical (unpaired) electrons. The molecular weight excluding hydrogens is 378 g/mol. The molecule has 0 spiro atoms. The van der Waals surface area contributed by atoms with Crippen LogP contribution in [0.3, 0.4) is 0 Å². The van der Waals surface area contributed by atoms with Crippen molar-refractivity contribution in [1.82, 2.24) is 4.90 Å². The number of halogens is 1. The summed E-state index contributed by atoms with van der Waals surface area (Å²) in [5.41, 5.74) is 1.82. The third-order valence-electron chi connectivity index (χ3n) is 5.13. The molecule has 0 aliphatic carbocycles. The van der Waals surface area contributed by atoms with E-state index in [1.807, 2.05) is 48.2 Å². The zero-order chi connectivity index (χ0) is 20.1. The van der Waals surface area contributed by atoms with Crippen LogP contribution in [0.25, 0.3) is 0 Å².